The molecule has 8 nitrogen and oxygen atoms in total. The molecule has 0 atom stereocenters. The molecule has 1 fully saturated rings. The molecule has 4 rings (SSSR count). The molecule has 0 spiro atoms. The molecule has 0 saturated carbocycles. The van der Waals surface area contributed by atoms with Crippen LogP contribution in [0.5, 0.6) is 0 Å². The molecule has 11 heteroatoms. The van der Waals surface area contributed by atoms with E-state index in [0.29, 0.717) is 10.8 Å². The van der Waals surface area contributed by atoms with Gasteiger partial charge in [0.15, 0.2) is 5.11 Å². The number of hydrogen-bond donors (Lipinski definition) is 2. The Kier molecular flexibility index (Phi) is 6.73. The van der Waals surface area contributed by atoms with Gasteiger partial charge in [-0.15, -0.1) is 0 Å². The first-order chi connectivity index (χ1) is 15.4. The predicted molar refractivity (Wildman–Crippen MR) is 131 cm³/mol. The molecule has 1 saturated heterocycles. The second kappa shape index (κ2) is 9.68. The molecule has 0 radical (unpaired) electrons. The zero-order valence-electron chi connectivity index (χ0n) is 17.0. The van der Waals surface area contributed by atoms with E-state index in [2.05, 4.69) is 29.8 Å². The second-order valence-corrected chi connectivity index (χ2v) is 9.59. The van der Waals surface area contributed by atoms with Crippen LogP contribution in [0.15, 0.2) is 71.9 Å². The lowest BCUT2D eigenvalue weighted by molar-refractivity contribution is 0.391. The minimum Gasteiger partial charge on any atom is -0.368 e. The van der Waals surface area contributed by atoms with Crippen LogP contribution in [0.25, 0.3) is 0 Å². The fourth-order valence-corrected chi connectivity index (χ4v) is 4.65. The van der Waals surface area contributed by atoms with Crippen molar-refractivity contribution in [1.82, 2.24) is 14.9 Å². The summed E-state index contributed by atoms with van der Waals surface area (Å²) < 4.78 is 27.3. The Balaban J connectivity index is 1.32. The van der Waals surface area contributed by atoms with Gasteiger partial charge in [-0.2, -0.15) is 0 Å². The monoisotopic (exact) mass is 488 g/mol. The lowest BCUT2D eigenvalue weighted by Gasteiger charge is -2.37. The molecule has 0 unspecified atom stereocenters. The summed E-state index contributed by atoms with van der Waals surface area (Å²) >= 11 is 11.5. The van der Waals surface area contributed by atoms with Crippen molar-refractivity contribution in [1.29, 1.82) is 0 Å². The molecule has 2 aromatic carbocycles. The van der Waals surface area contributed by atoms with E-state index in [0.717, 1.165) is 36.9 Å². The molecule has 0 bridgehead atoms. The van der Waals surface area contributed by atoms with Crippen LogP contribution < -0.4 is 14.9 Å². The van der Waals surface area contributed by atoms with Crippen molar-refractivity contribution in [2.24, 2.45) is 0 Å². The largest absolute Gasteiger partial charge is 0.368 e. The van der Waals surface area contributed by atoms with E-state index in [-0.39, 0.29) is 10.8 Å². The first-order valence-corrected chi connectivity index (χ1v) is 12.1. The van der Waals surface area contributed by atoms with Crippen molar-refractivity contribution in [2.45, 2.75) is 4.90 Å². The van der Waals surface area contributed by atoms with Gasteiger partial charge in [0.25, 0.3) is 10.0 Å². The van der Waals surface area contributed by atoms with E-state index >= 15 is 0 Å². The molecule has 3 aromatic rings. The van der Waals surface area contributed by atoms with E-state index < -0.39 is 10.0 Å². The highest BCUT2D eigenvalue weighted by atomic mass is 35.5. The SMILES string of the molecule is O=S(=O)(Nc1ncccn1)c1ccc(NC(=S)N2CCN(c3ccc(Cl)cc3)CC2)cc1. The fraction of sp³-hybridized carbons (Fsp3) is 0.190. The van der Waals surface area contributed by atoms with Gasteiger partial charge in [0.2, 0.25) is 5.95 Å². The molecular weight excluding hydrogens is 468 g/mol. The van der Waals surface area contributed by atoms with E-state index in [1.807, 2.05) is 24.3 Å². The molecule has 32 heavy (non-hydrogen) atoms. The Labute approximate surface area is 197 Å². The van der Waals surface area contributed by atoms with Crippen LogP contribution in [0.2, 0.25) is 5.02 Å². The standard InChI is InChI=1S/C21H21ClN6O2S2/c22-16-2-6-18(7-3-16)27-12-14-28(15-13-27)21(31)25-17-4-8-19(9-5-17)32(29,30)26-20-23-10-1-11-24-20/h1-11H,12-15H2,(H,25,31)(H,23,24,26). The summed E-state index contributed by atoms with van der Waals surface area (Å²) in [4.78, 5) is 12.3. The number of benzene rings is 2. The summed E-state index contributed by atoms with van der Waals surface area (Å²) in [5.74, 6) is 0.0219. The normalized spacial score (nSPS) is 14.2. The van der Waals surface area contributed by atoms with Crippen molar-refractivity contribution < 1.29 is 8.42 Å². The number of halogens is 1. The molecular formula is C21H21ClN6O2S2. The number of thiocarbonyl (C=S) groups is 1. The van der Waals surface area contributed by atoms with Crippen molar-refractivity contribution >= 4 is 56.3 Å². The average molecular weight is 489 g/mol. The topological polar surface area (TPSA) is 90.5 Å². The van der Waals surface area contributed by atoms with Crippen LogP contribution in [-0.2, 0) is 10.0 Å². The molecule has 1 aromatic heterocycles. The number of piperazine rings is 1. The Morgan fingerprint density at radius 2 is 1.56 bits per heavy atom. The van der Waals surface area contributed by atoms with Crippen LogP contribution in [0.3, 0.4) is 0 Å². The van der Waals surface area contributed by atoms with Gasteiger partial charge in [0, 0.05) is 55.0 Å². The minimum absolute atomic E-state index is 0.0219. The molecule has 166 valence electrons. The lowest BCUT2D eigenvalue weighted by Crippen LogP contribution is -2.50. The van der Waals surface area contributed by atoms with Crippen molar-refractivity contribution in [2.75, 3.05) is 41.1 Å². The second-order valence-electron chi connectivity index (χ2n) is 7.08. The van der Waals surface area contributed by atoms with Crippen molar-refractivity contribution in [3.63, 3.8) is 0 Å². The highest BCUT2D eigenvalue weighted by Crippen LogP contribution is 2.20. The zero-order chi connectivity index (χ0) is 22.6. The van der Waals surface area contributed by atoms with Crippen LogP contribution in [0, 0.1) is 0 Å². The third-order valence-corrected chi connectivity index (χ3v) is 6.92. The van der Waals surface area contributed by atoms with Gasteiger partial charge in [0.05, 0.1) is 4.90 Å². The van der Waals surface area contributed by atoms with Gasteiger partial charge in [-0.25, -0.2) is 23.1 Å². The third-order valence-electron chi connectivity index (χ3n) is 4.97. The number of sulfonamides is 1. The quantitative estimate of drug-likeness (QED) is 0.528. The van der Waals surface area contributed by atoms with Crippen LogP contribution >= 0.6 is 23.8 Å². The number of nitrogens with one attached hydrogen (secondary N) is 2. The minimum atomic E-state index is -3.77. The average Bonchev–Trinajstić information content (AvgIpc) is 2.80. The molecule has 0 amide bonds. The molecule has 2 N–H and O–H groups in total. The first-order valence-electron chi connectivity index (χ1n) is 9.87. The van der Waals surface area contributed by atoms with E-state index in [1.165, 1.54) is 24.5 Å². The molecule has 0 aliphatic carbocycles. The molecule has 2 heterocycles. The summed E-state index contributed by atoms with van der Waals surface area (Å²) in [6.07, 6.45) is 2.93. The maximum absolute atomic E-state index is 12.5. The van der Waals surface area contributed by atoms with Gasteiger partial charge < -0.3 is 15.1 Å². The number of aromatic nitrogens is 2. The Morgan fingerprint density at radius 3 is 2.19 bits per heavy atom. The van der Waals surface area contributed by atoms with Gasteiger partial charge in [-0.3, -0.25) is 0 Å². The van der Waals surface area contributed by atoms with Crippen LogP contribution in [0.1, 0.15) is 0 Å². The maximum Gasteiger partial charge on any atom is 0.264 e. The van der Waals surface area contributed by atoms with Crippen LogP contribution in [0.4, 0.5) is 17.3 Å². The number of anilines is 3. The zero-order valence-corrected chi connectivity index (χ0v) is 19.4. The van der Waals surface area contributed by atoms with Crippen molar-refractivity contribution in [3.05, 3.63) is 72.0 Å². The summed E-state index contributed by atoms with van der Waals surface area (Å²) in [6, 6.07) is 15.8. The first kappa shape index (κ1) is 22.3. The summed E-state index contributed by atoms with van der Waals surface area (Å²) in [5.41, 5.74) is 1.85. The van der Waals surface area contributed by atoms with Crippen LogP contribution in [-0.4, -0.2) is 54.6 Å². The van der Waals surface area contributed by atoms with Gasteiger partial charge >= 0.3 is 0 Å². The summed E-state index contributed by atoms with van der Waals surface area (Å²) in [7, 11) is -3.77. The van der Waals surface area contributed by atoms with Gasteiger partial charge in [-0.1, -0.05) is 11.6 Å². The Bertz CT molecular complexity index is 1170. The molecule has 1 aliphatic heterocycles. The third kappa shape index (κ3) is 5.45. The van der Waals surface area contributed by atoms with Gasteiger partial charge in [0.1, 0.15) is 0 Å². The highest BCUT2D eigenvalue weighted by molar-refractivity contribution is 7.92. The number of hydrogen-bond acceptors (Lipinski definition) is 6. The summed E-state index contributed by atoms with van der Waals surface area (Å²) in [5, 5.41) is 4.51. The number of nitrogens with zero attached hydrogens (tertiary/aromatic N) is 4. The molecule has 1 aliphatic rings. The highest BCUT2D eigenvalue weighted by Gasteiger charge is 2.20. The summed E-state index contributed by atoms with van der Waals surface area (Å²) in [6.45, 7) is 3.24. The Hall–Kier alpha value is -2.95. The lowest BCUT2D eigenvalue weighted by atomic mass is 10.2. The fourth-order valence-electron chi connectivity index (χ4n) is 3.27. The van der Waals surface area contributed by atoms with E-state index in [1.54, 1.807) is 18.2 Å². The smallest absolute Gasteiger partial charge is 0.264 e. The predicted octanol–water partition coefficient (Wildman–Crippen LogP) is 3.45. The number of rotatable bonds is 5. The van der Waals surface area contributed by atoms with Crippen molar-refractivity contribution in [3.8, 4) is 0 Å². The Morgan fingerprint density at radius 1 is 0.938 bits per heavy atom. The van der Waals surface area contributed by atoms with E-state index in [4.69, 9.17) is 23.8 Å². The van der Waals surface area contributed by atoms with Gasteiger partial charge in [-0.05, 0) is 66.8 Å². The maximum atomic E-state index is 12.5. The van der Waals surface area contributed by atoms with E-state index in [9.17, 15) is 8.42 Å².